The van der Waals surface area contributed by atoms with Crippen LogP contribution in [-0.4, -0.2) is 56.8 Å². The predicted octanol–water partition coefficient (Wildman–Crippen LogP) is 2.62. The number of rotatable bonds is 5. The molecule has 3 rings (SSSR count). The van der Waals surface area contributed by atoms with E-state index in [9.17, 15) is 13.2 Å². The molecule has 1 heterocycles. The van der Waals surface area contributed by atoms with E-state index in [0.29, 0.717) is 18.7 Å². The Balaban J connectivity index is 1.59. The fourth-order valence-corrected chi connectivity index (χ4v) is 3.93. The summed E-state index contributed by atoms with van der Waals surface area (Å²) >= 11 is 0. The van der Waals surface area contributed by atoms with E-state index in [1.54, 1.807) is 17.0 Å². The first kappa shape index (κ1) is 19.4. The Morgan fingerprint density at radius 1 is 1.00 bits per heavy atom. The summed E-state index contributed by atoms with van der Waals surface area (Å²) in [4.78, 5) is 14.7. The van der Waals surface area contributed by atoms with Gasteiger partial charge in [0.15, 0.2) is 0 Å². The van der Waals surface area contributed by atoms with Gasteiger partial charge in [-0.3, -0.25) is 4.79 Å². The lowest BCUT2D eigenvalue weighted by Gasteiger charge is -2.32. The maximum atomic E-state index is 12.7. The second-order valence-corrected chi connectivity index (χ2v) is 8.89. The van der Waals surface area contributed by atoms with E-state index in [0.717, 1.165) is 22.9 Å². The molecule has 1 amide bonds. The van der Waals surface area contributed by atoms with Crippen molar-refractivity contribution in [1.29, 1.82) is 0 Å². The summed E-state index contributed by atoms with van der Waals surface area (Å²) in [6, 6.07) is 15.8. The highest BCUT2D eigenvalue weighted by atomic mass is 32.2. The first-order valence-corrected chi connectivity index (χ1v) is 10.4. The van der Waals surface area contributed by atoms with Crippen molar-refractivity contribution in [2.24, 2.45) is 0 Å². The zero-order chi connectivity index (χ0) is 19.4. The van der Waals surface area contributed by atoms with Gasteiger partial charge in [-0.15, -0.1) is 0 Å². The molecule has 27 heavy (non-hydrogen) atoms. The molecule has 2 aromatic carbocycles. The molecule has 2 aromatic rings. The first-order chi connectivity index (χ1) is 12.9. The molecule has 1 fully saturated rings. The third-order valence-corrected chi connectivity index (χ3v) is 6.48. The SMILES string of the molecule is CN(C)S(=O)(=O)c1ccc(C(=O)N2CCC(Oc3ccccc3)CC2)cc1. The minimum absolute atomic E-state index is 0.0815. The van der Waals surface area contributed by atoms with Crippen LogP contribution in [-0.2, 0) is 10.0 Å². The summed E-state index contributed by atoms with van der Waals surface area (Å²) in [5, 5.41) is 0. The number of carbonyl (C=O) groups is 1. The van der Waals surface area contributed by atoms with Crippen molar-refractivity contribution in [1.82, 2.24) is 9.21 Å². The van der Waals surface area contributed by atoms with Crippen molar-refractivity contribution < 1.29 is 17.9 Å². The summed E-state index contributed by atoms with van der Waals surface area (Å²) in [6.45, 7) is 1.24. The number of ether oxygens (including phenoxy) is 1. The highest BCUT2D eigenvalue weighted by Gasteiger charge is 2.25. The number of hydrogen-bond acceptors (Lipinski definition) is 4. The first-order valence-electron chi connectivity index (χ1n) is 8.91. The second kappa shape index (κ2) is 8.10. The second-order valence-electron chi connectivity index (χ2n) is 6.73. The van der Waals surface area contributed by atoms with Gasteiger partial charge in [0.2, 0.25) is 10.0 Å². The van der Waals surface area contributed by atoms with E-state index < -0.39 is 10.0 Å². The molecular weight excluding hydrogens is 364 g/mol. The van der Waals surface area contributed by atoms with Gasteiger partial charge in [-0.25, -0.2) is 12.7 Å². The average Bonchev–Trinajstić information content (AvgIpc) is 2.69. The summed E-state index contributed by atoms with van der Waals surface area (Å²) in [5.41, 5.74) is 0.495. The zero-order valence-corrected chi connectivity index (χ0v) is 16.4. The predicted molar refractivity (Wildman–Crippen MR) is 103 cm³/mol. The Hall–Kier alpha value is -2.38. The van der Waals surface area contributed by atoms with Crippen LogP contribution in [0, 0.1) is 0 Å². The maximum Gasteiger partial charge on any atom is 0.253 e. The molecule has 0 radical (unpaired) electrons. The lowest BCUT2D eigenvalue weighted by atomic mass is 10.1. The van der Waals surface area contributed by atoms with Gasteiger partial charge in [-0.05, 0) is 36.4 Å². The molecule has 0 spiro atoms. The molecule has 0 saturated carbocycles. The number of benzene rings is 2. The normalized spacial score (nSPS) is 15.7. The minimum atomic E-state index is -3.49. The molecule has 0 N–H and O–H groups in total. The topological polar surface area (TPSA) is 66.9 Å². The summed E-state index contributed by atoms with van der Waals surface area (Å²) in [6.07, 6.45) is 1.64. The van der Waals surface area contributed by atoms with Gasteiger partial charge in [0, 0.05) is 45.6 Å². The van der Waals surface area contributed by atoms with Gasteiger partial charge >= 0.3 is 0 Å². The van der Waals surface area contributed by atoms with Crippen LogP contribution in [0.2, 0.25) is 0 Å². The van der Waals surface area contributed by atoms with E-state index in [1.807, 2.05) is 30.3 Å². The fourth-order valence-electron chi connectivity index (χ4n) is 3.03. The quantitative estimate of drug-likeness (QED) is 0.790. The van der Waals surface area contributed by atoms with E-state index in [4.69, 9.17) is 4.74 Å². The number of nitrogens with zero attached hydrogens (tertiary/aromatic N) is 2. The molecule has 144 valence electrons. The molecular formula is C20H24N2O4S. The molecule has 0 aliphatic carbocycles. The Morgan fingerprint density at radius 2 is 1.59 bits per heavy atom. The number of carbonyl (C=O) groups excluding carboxylic acids is 1. The van der Waals surface area contributed by atoms with Gasteiger partial charge in [0.1, 0.15) is 11.9 Å². The smallest absolute Gasteiger partial charge is 0.253 e. The highest BCUT2D eigenvalue weighted by Crippen LogP contribution is 2.21. The lowest BCUT2D eigenvalue weighted by molar-refractivity contribution is 0.0595. The number of likely N-dealkylation sites (tertiary alicyclic amines) is 1. The van der Waals surface area contributed by atoms with Crippen LogP contribution >= 0.6 is 0 Å². The van der Waals surface area contributed by atoms with Crippen LogP contribution in [0.25, 0.3) is 0 Å². The average molecular weight is 388 g/mol. The Kier molecular flexibility index (Phi) is 5.82. The Morgan fingerprint density at radius 3 is 2.15 bits per heavy atom. The van der Waals surface area contributed by atoms with Crippen LogP contribution < -0.4 is 4.74 Å². The van der Waals surface area contributed by atoms with Gasteiger partial charge in [0.05, 0.1) is 4.90 Å². The molecule has 0 atom stereocenters. The van der Waals surface area contributed by atoms with Crippen LogP contribution in [0.1, 0.15) is 23.2 Å². The zero-order valence-electron chi connectivity index (χ0n) is 15.5. The lowest BCUT2D eigenvalue weighted by Crippen LogP contribution is -2.41. The molecule has 1 aliphatic heterocycles. The van der Waals surface area contributed by atoms with Gasteiger partial charge in [0.25, 0.3) is 5.91 Å². The monoisotopic (exact) mass is 388 g/mol. The number of para-hydroxylation sites is 1. The highest BCUT2D eigenvalue weighted by molar-refractivity contribution is 7.89. The third kappa shape index (κ3) is 4.48. The summed E-state index contributed by atoms with van der Waals surface area (Å²) in [7, 11) is -0.525. The van der Waals surface area contributed by atoms with E-state index in [2.05, 4.69) is 0 Å². The number of hydrogen-bond donors (Lipinski definition) is 0. The van der Waals surface area contributed by atoms with Gasteiger partial charge in [-0.1, -0.05) is 18.2 Å². The number of amides is 1. The maximum absolute atomic E-state index is 12.7. The van der Waals surface area contributed by atoms with Gasteiger partial charge < -0.3 is 9.64 Å². The van der Waals surface area contributed by atoms with Crippen molar-refractivity contribution in [3.05, 3.63) is 60.2 Å². The molecule has 1 aliphatic rings. The number of sulfonamides is 1. The largest absolute Gasteiger partial charge is 0.490 e. The molecule has 0 unspecified atom stereocenters. The molecule has 6 nitrogen and oxygen atoms in total. The van der Waals surface area contributed by atoms with Crippen LogP contribution in [0.5, 0.6) is 5.75 Å². The Bertz CT molecular complexity index is 872. The fraction of sp³-hybridized carbons (Fsp3) is 0.350. The van der Waals surface area contributed by atoms with E-state index >= 15 is 0 Å². The summed E-state index contributed by atoms with van der Waals surface area (Å²) < 4.78 is 31.3. The minimum Gasteiger partial charge on any atom is -0.490 e. The molecule has 1 saturated heterocycles. The summed E-state index contributed by atoms with van der Waals surface area (Å²) in [5.74, 6) is 0.766. The van der Waals surface area contributed by atoms with Crippen molar-refractivity contribution in [2.75, 3.05) is 27.2 Å². The van der Waals surface area contributed by atoms with Crippen molar-refractivity contribution in [2.45, 2.75) is 23.8 Å². The van der Waals surface area contributed by atoms with Gasteiger partial charge in [-0.2, -0.15) is 0 Å². The van der Waals surface area contributed by atoms with Crippen molar-refractivity contribution in [3.8, 4) is 5.75 Å². The molecule has 7 heteroatoms. The third-order valence-electron chi connectivity index (χ3n) is 4.65. The van der Waals surface area contributed by atoms with Crippen molar-refractivity contribution >= 4 is 15.9 Å². The standard InChI is InChI=1S/C20H24N2O4S/c1-21(2)27(24,25)19-10-8-16(9-11-19)20(23)22-14-12-18(13-15-22)26-17-6-4-3-5-7-17/h3-11,18H,12-15H2,1-2H3. The number of piperidine rings is 1. The van der Waals surface area contributed by atoms with E-state index in [1.165, 1.54) is 26.2 Å². The van der Waals surface area contributed by atoms with E-state index in [-0.39, 0.29) is 16.9 Å². The van der Waals surface area contributed by atoms with Crippen molar-refractivity contribution in [3.63, 3.8) is 0 Å². The van der Waals surface area contributed by atoms with Crippen LogP contribution in [0.4, 0.5) is 0 Å². The molecule has 0 aromatic heterocycles. The van der Waals surface area contributed by atoms with Crippen LogP contribution in [0.15, 0.2) is 59.5 Å². The van der Waals surface area contributed by atoms with Crippen LogP contribution in [0.3, 0.4) is 0 Å². The molecule has 0 bridgehead atoms. The Labute approximate surface area is 160 Å².